The van der Waals surface area contributed by atoms with Gasteiger partial charge < -0.3 is 32.7 Å². The highest BCUT2D eigenvalue weighted by Gasteiger charge is 2.64. The molecule has 34 heteroatoms. The number of H-pyrrole nitrogens is 1. The van der Waals surface area contributed by atoms with Crippen LogP contribution >= 0.6 is 78.3 Å². The van der Waals surface area contributed by atoms with Gasteiger partial charge in [-0.2, -0.15) is 35.3 Å². The summed E-state index contributed by atoms with van der Waals surface area (Å²) < 4.78 is 64.1. The van der Waals surface area contributed by atoms with Crippen LogP contribution in [0.25, 0.3) is 56.4 Å². The van der Waals surface area contributed by atoms with E-state index in [0.717, 1.165) is 102 Å². The second kappa shape index (κ2) is 42.1. The van der Waals surface area contributed by atoms with Crippen LogP contribution in [-0.2, 0) is 75.5 Å². The summed E-state index contributed by atoms with van der Waals surface area (Å²) >= 11 is 28.7. The maximum Gasteiger partial charge on any atom is 0.494 e. The van der Waals surface area contributed by atoms with Crippen LogP contribution < -0.4 is 5.46 Å². The third-order valence-electron chi connectivity index (χ3n) is 20.1. The first-order valence-electron chi connectivity index (χ1n) is 40.4. The lowest BCUT2D eigenvalue weighted by atomic mass is 9.49. The van der Waals surface area contributed by atoms with Crippen molar-refractivity contribution in [2.45, 2.75) is 234 Å². The molecule has 11 aromatic rings. The van der Waals surface area contributed by atoms with Crippen molar-refractivity contribution in [1.29, 1.82) is 0 Å². The number of aromatic nitrogens is 17. The molecule has 1 N–H and O–H groups in total. The van der Waals surface area contributed by atoms with Gasteiger partial charge in [0.25, 0.3) is 0 Å². The Hall–Kier alpha value is -7.29. The van der Waals surface area contributed by atoms with E-state index in [1.807, 2.05) is 186 Å². The molecule has 4 aliphatic rings. The van der Waals surface area contributed by atoms with Crippen molar-refractivity contribution >= 4 is 105 Å². The van der Waals surface area contributed by atoms with E-state index in [2.05, 4.69) is 228 Å². The number of nitrogens with zero attached hydrogens (tertiary/aromatic N) is 16. The summed E-state index contributed by atoms with van der Waals surface area (Å²) in [6, 6.07) is 40.6. The lowest BCUT2D eigenvalue weighted by Gasteiger charge is -2.32. The normalized spacial score (nSPS) is 16.5. The highest BCUT2D eigenvalue weighted by atomic mass is 79.9. The van der Waals surface area contributed by atoms with Gasteiger partial charge in [-0.25, -0.2) is 29.9 Å². The third-order valence-corrected chi connectivity index (χ3v) is 21.8. The van der Waals surface area contributed by atoms with Crippen molar-refractivity contribution < 1.29 is 38.4 Å². The van der Waals surface area contributed by atoms with Gasteiger partial charge in [-0.15, -0.1) is 0 Å². The molecular weight excluding hydrogens is 1750 g/mol. The minimum atomic E-state index is -1.00. The molecule has 0 radical (unpaired) electrons. The fraction of sp³-hybridized carbons (Fsp3) is 0.483. The molecule has 0 atom stereocenters. The summed E-state index contributed by atoms with van der Waals surface area (Å²) in [5, 5.41) is 20.3. The molecule has 650 valence electrons. The smallest absolute Gasteiger partial charge is 0.405 e. The number of halogens is 7. The largest absolute Gasteiger partial charge is 0.494 e. The lowest BCUT2D eigenvalue weighted by Crippen LogP contribution is -2.41. The number of hydrogen-bond acceptors (Lipinski definition) is 20. The summed E-state index contributed by atoms with van der Waals surface area (Å²) in [5.74, 6) is 3.83. The van der Waals surface area contributed by atoms with Crippen LogP contribution in [0.3, 0.4) is 0 Å². The Bertz CT molecular complexity index is 4970. The van der Waals surface area contributed by atoms with Gasteiger partial charge in [0.1, 0.15) is 23.3 Å². The van der Waals surface area contributed by atoms with Crippen LogP contribution in [0.15, 0.2) is 155 Å². The molecule has 4 aliphatic heterocycles. The highest BCUT2D eigenvalue weighted by molar-refractivity contribution is 9.10. The molecule has 0 aliphatic carbocycles. The Balaban J connectivity index is 0.000000196. The first kappa shape index (κ1) is 99.1. The van der Waals surface area contributed by atoms with Crippen molar-refractivity contribution in [3.05, 3.63) is 199 Å². The van der Waals surface area contributed by atoms with Gasteiger partial charge in [0.15, 0.2) is 5.82 Å². The van der Waals surface area contributed by atoms with Crippen molar-refractivity contribution in [3.8, 4) is 56.4 Å². The van der Waals surface area contributed by atoms with Crippen LogP contribution in [0.2, 0.25) is 21.1 Å². The lowest BCUT2D eigenvalue weighted by molar-refractivity contribution is 0.00578. The van der Waals surface area contributed by atoms with Crippen molar-refractivity contribution in [3.63, 3.8) is 0 Å². The zero-order valence-electron chi connectivity index (χ0n) is 75.8. The number of aromatic amines is 1. The molecule has 4 saturated heterocycles. The second-order valence-electron chi connectivity index (χ2n) is 36.2. The molecule has 0 amide bonds. The van der Waals surface area contributed by atoms with Crippen LogP contribution in [0.5, 0.6) is 0 Å². The van der Waals surface area contributed by atoms with Crippen LogP contribution in [0.1, 0.15) is 204 Å². The Morgan fingerprint density at radius 1 is 0.405 bits per heavy atom. The van der Waals surface area contributed by atoms with E-state index in [1.54, 1.807) is 20.2 Å². The van der Waals surface area contributed by atoms with E-state index in [4.69, 9.17) is 95.4 Å². The average Bonchev–Trinajstić information content (AvgIpc) is 1.62. The zero-order chi connectivity index (χ0) is 90.9. The SMILES string of the molecule is Brc1cccc(-c2ccn[nH]2)c1.C1CCOC1.CC(C)(C)c1nc(Cl)nc(C(C)(C)C)n1.CC1(C)OB(B2OC(C)(C)C(C)(C)O2)OC1(C)C.Clc1nc(Cl)nc(Cl)n1.Cn1ccc(-c2cccc(-c3nc(C(C)(C)C)nc(C(C)(C)C)n3)c2)n1.Cn1ccc(-c2cccc(B3OC(C)(C)C(C)(C)O3)c2)n1.Cn1ccc(-c2cccc(Br)c2)n1.[2H]CF. The Morgan fingerprint density at radius 2 is 0.719 bits per heavy atom. The molecular formula is C87H117B3Br2Cl4FN17O7. The quantitative estimate of drug-likeness (QED) is 0.145. The monoisotopic (exact) mass is 1860 g/mol. The van der Waals surface area contributed by atoms with Crippen LogP contribution in [-0.4, -0.2) is 160 Å². The first-order chi connectivity index (χ1) is 56.5. The van der Waals surface area contributed by atoms with E-state index in [9.17, 15) is 4.39 Å². The first-order valence-corrected chi connectivity index (χ1v) is 42.8. The summed E-state index contributed by atoms with van der Waals surface area (Å²) in [6.07, 6.45) is 10.1. The molecule has 4 aromatic carbocycles. The van der Waals surface area contributed by atoms with Crippen LogP contribution in [0, 0.1) is 0 Å². The molecule has 121 heavy (non-hydrogen) atoms. The van der Waals surface area contributed by atoms with Gasteiger partial charge >= 0.3 is 21.1 Å². The van der Waals surface area contributed by atoms with Crippen molar-refractivity contribution in [1.82, 2.24) is 84.4 Å². The molecule has 0 saturated carbocycles. The molecule has 7 aromatic heterocycles. The van der Waals surface area contributed by atoms with E-state index in [-0.39, 0.29) is 83.5 Å². The summed E-state index contributed by atoms with van der Waals surface area (Å²) in [7, 11) is 3.47. The molecule has 15 rings (SSSR count). The van der Waals surface area contributed by atoms with Gasteiger partial charge in [-0.1, -0.05) is 182 Å². The third kappa shape index (κ3) is 29.4. The van der Waals surface area contributed by atoms with Gasteiger partial charge in [0.05, 0.1) is 64.9 Å². The predicted molar refractivity (Wildman–Crippen MR) is 494 cm³/mol. The maximum atomic E-state index is 9.96. The Kier molecular flexibility index (Phi) is 34.5. The number of nitrogens with one attached hydrogen (secondary N) is 1. The molecule has 0 unspecified atom stereocenters. The molecule has 0 spiro atoms. The van der Waals surface area contributed by atoms with E-state index >= 15 is 0 Å². The van der Waals surface area contributed by atoms with Gasteiger partial charge in [-0.05, 0) is 202 Å². The Labute approximate surface area is 754 Å². The molecule has 4 fully saturated rings. The Morgan fingerprint density at radius 3 is 1.05 bits per heavy atom. The number of ether oxygens (including phenoxy) is 1. The maximum absolute atomic E-state index is 9.96. The second-order valence-corrected chi connectivity index (χ2v) is 39.4. The van der Waals surface area contributed by atoms with E-state index < -0.39 is 21.2 Å². The fourth-order valence-electron chi connectivity index (χ4n) is 11.1. The van der Waals surface area contributed by atoms with E-state index in [1.165, 1.54) is 12.8 Å². The number of rotatable bonds is 7. The van der Waals surface area contributed by atoms with E-state index in [0.29, 0.717) is 5.82 Å². The average molecular weight is 1870 g/mol. The topological polar surface area (TPSA) is 263 Å². The molecule has 11 heterocycles. The standard InChI is InChI=1S/C21H27N5.C16H21BN2O2.C12H24B2O4.C11H18ClN3.C10H9BrN2.C9H7BrN2.C4H8O.C3Cl3N3.CH3F/c1-20(2,3)18-22-17(23-19(24-18)21(4,5)6)15-10-8-9-14(13-15)16-11-12-26(7)25-16;1-15(2)16(3,4)21-17(20-15)13-8-6-7-12(11-13)14-9-10-19(5)18-14;1-9(2)10(3,4)16-13(15-9)14-17-11(5,6)12(7,8)18-14;1-10(2,3)7-13-8(11(4,5)6)15-9(12)14-7;1-13-6-5-10(12-13)8-3-2-4-9(11)7-8;10-8-3-1-2-7(6-8)9-4-5-11-12-9;1-2-4-5-3-1;4-1-7-2(5)9-3(6)8-1;1-2/h8-13H,1-7H3;6-11H,1-5H3;1-8H3;1-6H3;2-7H,1H3;1-6H,(H,11,12);1-4H2;;1H3/i;;;;;;;;1D. The summed E-state index contributed by atoms with van der Waals surface area (Å²) in [6.45, 7) is 51.6. The minimum absolute atomic E-state index is 0.000000000000000444. The van der Waals surface area contributed by atoms with Gasteiger partial charge in [-0.3, -0.25) is 23.5 Å². The van der Waals surface area contributed by atoms with Gasteiger partial charge in [0.2, 0.25) is 21.1 Å². The molecule has 0 bridgehead atoms. The fourth-order valence-corrected chi connectivity index (χ4v) is 12.6. The number of hydrogen-bond donors (Lipinski definition) is 1. The minimum Gasteiger partial charge on any atom is -0.405 e. The number of alkyl halides is 1. The predicted octanol–water partition coefficient (Wildman–Crippen LogP) is 21.2. The van der Waals surface area contributed by atoms with Gasteiger partial charge in [0, 0.05) is 118 Å². The molecule has 24 nitrogen and oxygen atoms in total. The number of benzene rings is 4. The van der Waals surface area contributed by atoms with Crippen LogP contribution in [0.4, 0.5) is 4.39 Å². The highest BCUT2D eigenvalue weighted by Crippen LogP contribution is 2.44. The number of aryl methyl sites for hydroxylation is 3. The zero-order valence-corrected chi connectivity index (χ0v) is 81.0. The van der Waals surface area contributed by atoms with Crippen molar-refractivity contribution in [2.24, 2.45) is 21.1 Å². The van der Waals surface area contributed by atoms with Crippen molar-refractivity contribution in [2.75, 3.05) is 20.4 Å². The summed E-state index contributed by atoms with van der Waals surface area (Å²) in [5.41, 5.74) is 7.77. The summed E-state index contributed by atoms with van der Waals surface area (Å²) in [4.78, 5) is 37.5.